The van der Waals surface area contributed by atoms with Crippen LogP contribution >= 0.6 is 23.2 Å². The minimum Gasteiger partial charge on any atom is -0.372 e. The van der Waals surface area contributed by atoms with E-state index in [-0.39, 0.29) is 0 Å². The number of nitrogens with zero attached hydrogens (tertiary/aromatic N) is 3. The Balaban J connectivity index is 1.85. The Labute approximate surface area is 123 Å². The van der Waals surface area contributed by atoms with Gasteiger partial charge in [0.15, 0.2) is 0 Å². The third kappa shape index (κ3) is 2.49. The molecule has 0 aromatic carbocycles. The lowest BCUT2D eigenvalue weighted by Crippen LogP contribution is -2.50. The van der Waals surface area contributed by atoms with Crippen molar-refractivity contribution in [2.75, 3.05) is 43.4 Å². The molecule has 104 valence electrons. The van der Waals surface area contributed by atoms with Gasteiger partial charge in [0.2, 0.25) is 0 Å². The number of pyridine rings is 1. The van der Waals surface area contributed by atoms with E-state index < -0.39 is 0 Å². The number of fused-ring (bicyclic) bond motifs is 1. The van der Waals surface area contributed by atoms with Crippen LogP contribution in [-0.4, -0.2) is 49.2 Å². The molecule has 2 saturated heterocycles. The molecular weight excluding hydrogens is 283 g/mol. The Kier molecular flexibility index (Phi) is 3.74. The number of aromatic nitrogens is 1. The minimum atomic E-state index is 0.566. The number of hydrogen-bond acceptors (Lipinski definition) is 4. The highest BCUT2D eigenvalue weighted by atomic mass is 35.5. The van der Waals surface area contributed by atoms with Crippen LogP contribution in [0, 0.1) is 0 Å². The van der Waals surface area contributed by atoms with E-state index in [4.69, 9.17) is 23.2 Å². The highest BCUT2D eigenvalue weighted by Crippen LogP contribution is 2.33. The lowest BCUT2D eigenvalue weighted by Gasteiger charge is -2.38. The van der Waals surface area contributed by atoms with Gasteiger partial charge < -0.3 is 10.2 Å². The van der Waals surface area contributed by atoms with E-state index in [1.165, 1.54) is 19.4 Å². The number of piperazine rings is 1. The van der Waals surface area contributed by atoms with Gasteiger partial charge >= 0.3 is 0 Å². The molecule has 2 aliphatic rings. The molecule has 3 heterocycles. The fourth-order valence-electron chi connectivity index (χ4n) is 3.04. The summed E-state index contributed by atoms with van der Waals surface area (Å²) >= 11 is 12.4. The fraction of sp³-hybridized carbons (Fsp3) is 0.615. The number of hydrogen-bond donors (Lipinski definition) is 1. The van der Waals surface area contributed by atoms with E-state index in [2.05, 4.69) is 20.1 Å². The maximum atomic E-state index is 6.30. The van der Waals surface area contributed by atoms with Crippen LogP contribution in [-0.2, 0) is 0 Å². The molecule has 1 atom stereocenters. The zero-order chi connectivity index (χ0) is 13.4. The molecule has 1 unspecified atom stereocenters. The van der Waals surface area contributed by atoms with Gasteiger partial charge in [-0.05, 0) is 25.5 Å². The second-order valence-electron chi connectivity index (χ2n) is 5.15. The topological polar surface area (TPSA) is 31.4 Å². The molecule has 19 heavy (non-hydrogen) atoms. The molecule has 6 heteroatoms. The van der Waals surface area contributed by atoms with Crippen LogP contribution in [0.15, 0.2) is 6.07 Å². The number of halogens is 2. The van der Waals surface area contributed by atoms with E-state index >= 15 is 0 Å². The van der Waals surface area contributed by atoms with Crippen molar-refractivity contribution in [1.82, 2.24) is 9.88 Å². The zero-order valence-electron chi connectivity index (χ0n) is 11.0. The Morgan fingerprint density at radius 2 is 2.11 bits per heavy atom. The van der Waals surface area contributed by atoms with Crippen LogP contribution in [0.4, 0.5) is 11.6 Å². The number of anilines is 2. The highest BCUT2D eigenvalue weighted by Gasteiger charge is 2.31. The lowest BCUT2D eigenvalue weighted by atomic mass is 10.1. The highest BCUT2D eigenvalue weighted by molar-refractivity contribution is 6.37. The van der Waals surface area contributed by atoms with Gasteiger partial charge in [0.25, 0.3) is 0 Å². The van der Waals surface area contributed by atoms with Gasteiger partial charge in [-0.15, -0.1) is 0 Å². The summed E-state index contributed by atoms with van der Waals surface area (Å²) in [6, 6.07) is 2.43. The first-order chi connectivity index (χ1) is 9.19. The summed E-state index contributed by atoms with van der Waals surface area (Å²) < 4.78 is 0. The summed E-state index contributed by atoms with van der Waals surface area (Å²) in [6.07, 6.45) is 2.59. The van der Waals surface area contributed by atoms with Gasteiger partial charge in [-0.1, -0.05) is 23.2 Å². The molecular formula is C13H18Cl2N4. The van der Waals surface area contributed by atoms with Crippen molar-refractivity contribution < 1.29 is 0 Å². The smallest absolute Gasteiger partial charge is 0.150 e. The van der Waals surface area contributed by atoms with E-state index in [1.54, 1.807) is 6.07 Å². The van der Waals surface area contributed by atoms with Crippen molar-refractivity contribution in [1.29, 1.82) is 0 Å². The molecule has 2 aliphatic heterocycles. The van der Waals surface area contributed by atoms with Crippen LogP contribution < -0.4 is 10.2 Å². The van der Waals surface area contributed by atoms with Gasteiger partial charge in [-0.3, -0.25) is 4.90 Å². The standard InChI is InChI=1S/C13H18Cl2N4/c1-16-12-10(14)7-11(15)13(17-12)19-6-5-18-4-2-3-9(18)8-19/h7,9H,2-6,8H2,1H3,(H,16,17). The van der Waals surface area contributed by atoms with E-state index in [0.29, 0.717) is 21.9 Å². The summed E-state index contributed by atoms with van der Waals surface area (Å²) in [4.78, 5) is 9.41. The quantitative estimate of drug-likeness (QED) is 0.910. The fourth-order valence-corrected chi connectivity index (χ4v) is 3.61. The second kappa shape index (κ2) is 5.35. The predicted molar refractivity (Wildman–Crippen MR) is 80.6 cm³/mol. The van der Waals surface area contributed by atoms with Crippen molar-refractivity contribution in [3.8, 4) is 0 Å². The molecule has 0 amide bonds. The summed E-state index contributed by atoms with van der Waals surface area (Å²) in [6.45, 7) is 4.33. The average Bonchev–Trinajstić information content (AvgIpc) is 2.86. The van der Waals surface area contributed by atoms with Crippen molar-refractivity contribution >= 4 is 34.8 Å². The van der Waals surface area contributed by atoms with Crippen LogP contribution in [0.5, 0.6) is 0 Å². The van der Waals surface area contributed by atoms with Gasteiger partial charge in [0.1, 0.15) is 11.6 Å². The Hall–Kier alpha value is -0.710. The molecule has 2 fully saturated rings. The van der Waals surface area contributed by atoms with Gasteiger partial charge in [0.05, 0.1) is 10.0 Å². The van der Waals surface area contributed by atoms with Crippen LogP contribution in [0.1, 0.15) is 12.8 Å². The van der Waals surface area contributed by atoms with Gasteiger partial charge in [0, 0.05) is 32.7 Å². The predicted octanol–water partition coefficient (Wildman–Crippen LogP) is 2.71. The van der Waals surface area contributed by atoms with E-state index in [0.717, 1.165) is 25.5 Å². The monoisotopic (exact) mass is 300 g/mol. The van der Waals surface area contributed by atoms with E-state index in [1.807, 2.05) is 7.05 Å². The Morgan fingerprint density at radius 3 is 2.89 bits per heavy atom. The largest absolute Gasteiger partial charge is 0.372 e. The Morgan fingerprint density at radius 1 is 1.26 bits per heavy atom. The molecule has 1 aromatic rings. The molecule has 3 rings (SSSR count). The lowest BCUT2D eigenvalue weighted by molar-refractivity contribution is 0.230. The molecule has 4 nitrogen and oxygen atoms in total. The molecule has 0 aliphatic carbocycles. The SMILES string of the molecule is CNc1nc(N2CCN3CCCC3C2)c(Cl)cc1Cl. The average molecular weight is 301 g/mol. The molecule has 0 radical (unpaired) electrons. The van der Waals surface area contributed by atoms with Crippen LogP contribution in [0.25, 0.3) is 0 Å². The third-order valence-electron chi connectivity index (χ3n) is 4.03. The molecule has 1 N–H and O–H groups in total. The van der Waals surface area contributed by atoms with Gasteiger partial charge in [-0.2, -0.15) is 0 Å². The molecule has 0 bridgehead atoms. The first-order valence-electron chi connectivity index (χ1n) is 6.72. The third-order valence-corrected chi connectivity index (χ3v) is 4.60. The maximum absolute atomic E-state index is 6.30. The first-order valence-corrected chi connectivity index (χ1v) is 7.47. The Bertz CT molecular complexity index is 480. The zero-order valence-corrected chi connectivity index (χ0v) is 12.5. The first kappa shape index (κ1) is 13.3. The molecule has 0 spiro atoms. The van der Waals surface area contributed by atoms with Crippen LogP contribution in [0.2, 0.25) is 10.0 Å². The van der Waals surface area contributed by atoms with Crippen LogP contribution in [0.3, 0.4) is 0 Å². The van der Waals surface area contributed by atoms with Crippen molar-refractivity contribution in [2.45, 2.75) is 18.9 Å². The van der Waals surface area contributed by atoms with Crippen molar-refractivity contribution in [3.05, 3.63) is 16.1 Å². The normalized spacial score (nSPS) is 23.5. The summed E-state index contributed by atoms with van der Waals surface area (Å²) in [5, 5.41) is 4.21. The second-order valence-corrected chi connectivity index (χ2v) is 5.97. The van der Waals surface area contributed by atoms with Crippen molar-refractivity contribution in [3.63, 3.8) is 0 Å². The summed E-state index contributed by atoms with van der Waals surface area (Å²) in [7, 11) is 1.82. The minimum absolute atomic E-state index is 0.566. The summed E-state index contributed by atoms with van der Waals surface area (Å²) in [5.74, 6) is 1.54. The van der Waals surface area contributed by atoms with E-state index in [9.17, 15) is 0 Å². The molecule has 1 aromatic heterocycles. The van der Waals surface area contributed by atoms with Crippen molar-refractivity contribution in [2.24, 2.45) is 0 Å². The molecule has 0 saturated carbocycles. The number of nitrogens with one attached hydrogen (secondary N) is 1. The number of rotatable bonds is 2. The maximum Gasteiger partial charge on any atom is 0.150 e. The van der Waals surface area contributed by atoms with Gasteiger partial charge in [-0.25, -0.2) is 4.98 Å². The summed E-state index contributed by atoms with van der Waals surface area (Å²) in [5.41, 5.74) is 0.